The lowest BCUT2D eigenvalue weighted by molar-refractivity contribution is -0.118. The molecule has 7 heteroatoms. The minimum atomic E-state index is 0.199. The maximum absolute atomic E-state index is 10.7. The van der Waals surface area contributed by atoms with Crippen molar-refractivity contribution in [2.24, 2.45) is 5.92 Å². The Morgan fingerprint density at radius 1 is 1.11 bits per heavy atom. The quantitative estimate of drug-likeness (QED) is 0.263. The molecule has 0 spiro atoms. The number of carbonyl (C=O) groups is 1. The summed E-state index contributed by atoms with van der Waals surface area (Å²) in [6.45, 7) is 4.45. The number of aromatic hydroxyl groups is 1. The zero-order valence-electron chi connectivity index (χ0n) is 20.9. The lowest BCUT2D eigenvalue weighted by Crippen LogP contribution is -2.09. The number of nitrogens with one attached hydrogen (secondary N) is 1. The largest absolute Gasteiger partial charge is 0.507 e. The van der Waals surface area contributed by atoms with Crippen LogP contribution in [0.25, 0.3) is 16.9 Å². The number of hydrogen-bond donors (Lipinski definition) is 2. The highest BCUT2D eigenvalue weighted by molar-refractivity contribution is 9.10. The molecular weight excluding hydrogens is 516 g/mol. The number of nitrogens with zero attached hydrogens (tertiary/aromatic N) is 3. The van der Waals surface area contributed by atoms with E-state index in [2.05, 4.69) is 56.5 Å². The van der Waals surface area contributed by atoms with Crippen LogP contribution in [0.1, 0.15) is 56.6 Å². The van der Waals surface area contributed by atoms with Crippen molar-refractivity contribution >= 4 is 33.2 Å². The summed E-state index contributed by atoms with van der Waals surface area (Å²) in [7, 11) is 0. The molecule has 2 N–H and O–H groups in total. The number of ketones is 1. The number of phenols is 1. The Morgan fingerprint density at radius 3 is 2.61 bits per heavy atom. The molecule has 2 heterocycles. The fraction of sp³-hybridized carbons (Fsp3) is 0.345. The molecule has 0 amide bonds. The van der Waals surface area contributed by atoms with Crippen molar-refractivity contribution in [1.82, 2.24) is 14.6 Å². The minimum Gasteiger partial charge on any atom is -0.507 e. The van der Waals surface area contributed by atoms with Crippen molar-refractivity contribution in [3.05, 3.63) is 76.4 Å². The summed E-state index contributed by atoms with van der Waals surface area (Å²) in [4.78, 5) is 15.4. The number of aromatic nitrogens is 3. The molecule has 1 aliphatic carbocycles. The fourth-order valence-corrected chi connectivity index (χ4v) is 5.05. The number of anilines is 1. The summed E-state index contributed by atoms with van der Waals surface area (Å²) >= 11 is 3.50. The monoisotopic (exact) mass is 548 g/mol. The van der Waals surface area contributed by atoms with Crippen LogP contribution in [0, 0.1) is 12.8 Å². The maximum Gasteiger partial charge on any atom is 0.172 e. The predicted octanol–water partition coefficient (Wildman–Crippen LogP) is 7.33. The second-order valence-corrected chi connectivity index (χ2v) is 10.4. The lowest BCUT2D eigenvalue weighted by Gasteiger charge is -2.19. The number of aryl methyl sites for hydroxylation is 1. The average molecular weight is 550 g/mol. The van der Waals surface area contributed by atoms with E-state index in [1.807, 2.05) is 24.3 Å². The van der Waals surface area contributed by atoms with E-state index in [4.69, 9.17) is 0 Å². The van der Waals surface area contributed by atoms with E-state index >= 15 is 0 Å². The van der Waals surface area contributed by atoms with E-state index in [1.165, 1.54) is 43.2 Å². The number of para-hydroxylation sites is 1. The Balaban J connectivity index is 0.000000256. The van der Waals surface area contributed by atoms with Crippen LogP contribution in [0.4, 0.5) is 5.82 Å². The number of rotatable bonds is 6. The first-order chi connectivity index (χ1) is 17.4. The third-order valence-electron chi connectivity index (χ3n) is 6.47. The first-order valence-corrected chi connectivity index (χ1v) is 13.3. The first kappa shape index (κ1) is 25.9. The van der Waals surface area contributed by atoms with Gasteiger partial charge in [-0.3, -0.25) is 0 Å². The molecular formula is C29H33BrN4O2. The van der Waals surface area contributed by atoms with E-state index in [1.54, 1.807) is 29.8 Å². The zero-order valence-corrected chi connectivity index (χ0v) is 22.5. The van der Waals surface area contributed by atoms with Gasteiger partial charge in [0, 0.05) is 24.6 Å². The second kappa shape index (κ2) is 12.2. The Labute approximate surface area is 220 Å². The van der Waals surface area contributed by atoms with Gasteiger partial charge in [0.2, 0.25) is 0 Å². The van der Waals surface area contributed by atoms with E-state index in [9.17, 15) is 9.90 Å². The summed E-state index contributed by atoms with van der Waals surface area (Å²) in [5, 5.41) is 18.0. The van der Waals surface area contributed by atoms with Gasteiger partial charge in [0.1, 0.15) is 17.4 Å². The molecule has 1 aliphatic rings. The standard InChI is InChI=1S/C20H17BrN4O.C9H16O/c1-13-5-4-6-14(9-13)11-22-19-10-17(15-7-2-3-8-18(15)26)24-20-16(21)12-23-25(19)20;1-8(10)7-9-5-3-2-4-6-9/h2-10,12,22,26H,11H2,1H3;9H,2-7H2,1H3. The van der Waals surface area contributed by atoms with E-state index in [0.29, 0.717) is 29.2 Å². The number of benzene rings is 2. The molecule has 2 aromatic carbocycles. The van der Waals surface area contributed by atoms with Crippen LogP contribution in [-0.2, 0) is 11.3 Å². The van der Waals surface area contributed by atoms with Crippen molar-refractivity contribution in [2.45, 2.75) is 58.9 Å². The molecule has 36 heavy (non-hydrogen) atoms. The van der Waals surface area contributed by atoms with Crippen molar-refractivity contribution in [2.75, 3.05) is 5.32 Å². The van der Waals surface area contributed by atoms with Crippen LogP contribution in [0.5, 0.6) is 5.75 Å². The molecule has 0 radical (unpaired) electrons. The van der Waals surface area contributed by atoms with Gasteiger partial charge in [0.25, 0.3) is 0 Å². The summed E-state index contributed by atoms with van der Waals surface area (Å²) in [5.41, 5.74) is 4.47. The third-order valence-corrected chi connectivity index (χ3v) is 7.03. The van der Waals surface area contributed by atoms with Crippen molar-refractivity contribution < 1.29 is 9.90 Å². The highest BCUT2D eigenvalue weighted by atomic mass is 79.9. The molecule has 6 nitrogen and oxygen atoms in total. The Morgan fingerprint density at radius 2 is 1.89 bits per heavy atom. The van der Waals surface area contributed by atoms with Gasteiger partial charge in [-0.2, -0.15) is 9.61 Å². The summed E-state index contributed by atoms with van der Waals surface area (Å²) in [6, 6.07) is 17.4. The predicted molar refractivity (Wildman–Crippen MR) is 148 cm³/mol. The van der Waals surface area contributed by atoms with Gasteiger partial charge in [-0.15, -0.1) is 0 Å². The van der Waals surface area contributed by atoms with Gasteiger partial charge in [0.05, 0.1) is 16.4 Å². The molecule has 188 valence electrons. The van der Waals surface area contributed by atoms with Gasteiger partial charge >= 0.3 is 0 Å². The number of phenolic OH excluding ortho intramolecular Hbond substituents is 1. The number of halogens is 1. The molecule has 0 aliphatic heterocycles. The molecule has 0 saturated heterocycles. The van der Waals surface area contributed by atoms with Crippen LogP contribution in [0.3, 0.4) is 0 Å². The van der Waals surface area contributed by atoms with Gasteiger partial charge in [-0.05, 0) is 53.4 Å². The number of fused-ring (bicyclic) bond motifs is 1. The zero-order chi connectivity index (χ0) is 25.5. The van der Waals surface area contributed by atoms with Gasteiger partial charge in [-0.25, -0.2) is 4.98 Å². The molecule has 1 saturated carbocycles. The smallest absolute Gasteiger partial charge is 0.172 e. The minimum absolute atomic E-state index is 0.199. The highest BCUT2D eigenvalue weighted by Crippen LogP contribution is 2.31. The third kappa shape index (κ3) is 6.72. The topological polar surface area (TPSA) is 79.5 Å². The highest BCUT2D eigenvalue weighted by Gasteiger charge is 2.15. The van der Waals surface area contributed by atoms with Gasteiger partial charge in [0.15, 0.2) is 5.65 Å². The molecule has 0 atom stereocenters. The number of Topliss-reactive ketones (excluding diaryl/α,β-unsaturated/α-hetero) is 1. The van der Waals surface area contributed by atoms with Crippen LogP contribution < -0.4 is 5.32 Å². The molecule has 5 rings (SSSR count). The summed E-state index contributed by atoms with van der Waals surface area (Å²) < 4.78 is 2.55. The van der Waals surface area contributed by atoms with Crippen LogP contribution in [-0.4, -0.2) is 25.5 Å². The average Bonchev–Trinajstić information content (AvgIpc) is 3.24. The fourth-order valence-electron chi connectivity index (χ4n) is 4.70. The van der Waals surface area contributed by atoms with E-state index in [0.717, 1.165) is 22.6 Å². The first-order valence-electron chi connectivity index (χ1n) is 12.5. The number of carbonyl (C=O) groups excluding carboxylic acids is 1. The molecule has 4 aromatic rings. The molecule has 0 unspecified atom stereocenters. The maximum atomic E-state index is 10.7. The van der Waals surface area contributed by atoms with E-state index in [-0.39, 0.29) is 5.75 Å². The van der Waals surface area contributed by atoms with Gasteiger partial charge in [-0.1, -0.05) is 74.1 Å². The Hall–Kier alpha value is -3.19. The SMILES string of the molecule is CC(=O)CC1CCCCC1.Cc1cccc(CNc2cc(-c3ccccc3O)nc3c(Br)cnn23)c1. The molecule has 2 aromatic heterocycles. The Bertz CT molecular complexity index is 1330. The van der Waals surface area contributed by atoms with Gasteiger partial charge < -0.3 is 15.2 Å². The second-order valence-electron chi connectivity index (χ2n) is 9.52. The molecule has 0 bridgehead atoms. The van der Waals surface area contributed by atoms with Crippen LogP contribution in [0.15, 0.2) is 65.3 Å². The lowest BCUT2D eigenvalue weighted by atomic mass is 9.86. The number of hydrogen-bond acceptors (Lipinski definition) is 5. The van der Waals surface area contributed by atoms with Crippen molar-refractivity contribution in [3.63, 3.8) is 0 Å². The summed E-state index contributed by atoms with van der Waals surface area (Å²) in [5.74, 6) is 2.10. The summed E-state index contributed by atoms with van der Waals surface area (Å²) in [6.07, 6.45) is 9.21. The van der Waals surface area contributed by atoms with Crippen LogP contribution in [0.2, 0.25) is 0 Å². The molecule has 1 fully saturated rings. The Kier molecular flexibility index (Phi) is 8.75. The van der Waals surface area contributed by atoms with Crippen LogP contribution >= 0.6 is 15.9 Å². The normalized spacial score (nSPS) is 13.8. The van der Waals surface area contributed by atoms with Crippen molar-refractivity contribution in [3.8, 4) is 17.0 Å². The van der Waals surface area contributed by atoms with E-state index < -0.39 is 0 Å². The van der Waals surface area contributed by atoms with Crippen molar-refractivity contribution in [1.29, 1.82) is 0 Å².